The van der Waals surface area contributed by atoms with Crippen molar-refractivity contribution in [3.8, 4) is 0 Å². The van der Waals surface area contributed by atoms with E-state index in [-0.39, 0.29) is 19.5 Å². The molecule has 0 heterocycles. The molecular formula is C3H7NZn. The summed E-state index contributed by atoms with van der Waals surface area (Å²) >= 11 is 0. The fourth-order valence-corrected chi connectivity index (χ4v) is 0. The molecule has 0 aromatic rings. The first-order valence-electron chi connectivity index (χ1n) is 1.22. The van der Waals surface area contributed by atoms with E-state index in [1.54, 1.807) is 6.08 Å². The van der Waals surface area contributed by atoms with Crippen molar-refractivity contribution in [2.75, 3.05) is 6.54 Å². The van der Waals surface area contributed by atoms with Crippen molar-refractivity contribution in [1.29, 1.82) is 0 Å². The predicted octanol–water partition coefficient (Wildman–Crippen LogP) is 0.129. The van der Waals surface area contributed by atoms with E-state index in [0.29, 0.717) is 6.54 Å². The molecule has 0 radical (unpaired) electrons. The largest absolute Gasteiger partial charge is 0.327 e. The van der Waals surface area contributed by atoms with Crippen LogP contribution < -0.4 is 5.73 Å². The van der Waals surface area contributed by atoms with Crippen LogP contribution in [0.4, 0.5) is 0 Å². The molecule has 1 nitrogen and oxygen atoms in total. The molecule has 0 amide bonds. The van der Waals surface area contributed by atoms with E-state index in [4.69, 9.17) is 5.73 Å². The predicted molar refractivity (Wildman–Crippen MR) is 19.3 cm³/mol. The maximum atomic E-state index is 4.91. The summed E-state index contributed by atoms with van der Waals surface area (Å²) in [6.45, 7) is 3.94. The minimum atomic E-state index is 0. The summed E-state index contributed by atoms with van der Waals surface area (Å²) in [5.41, 5.74) is 4.91. The van der Waals surface area contributed by atoms with Crippen LogP contribution in [0, 0.1) is 0 Å². The molecule has 0 aliphatic rings. The number of hydrogen-bond donors (Lipinski definition) is 1. The first-order valence-corrected chi connectivity index (χ1v) is 1.22. The molecule has 2 heteroatoms. The maximum Gasteiger partial charge on any atom is 0.0104 e. The van der Waals surface area contributed by atoms with Crippen LogP contribution in [-0.4, -0.2) is 6.54 Å². The molecule has 2 N–H and O–H groups in total. The minimum Gasteiger partial charge on any atom is -0.327 e. The van der Waals surface area contributed by atoms with Crippen molar-refractivity contribution in [2.45, 2.75) is 0 Å². The van der Waals surface area contributed by atoms with Crippen LogP contribution in [0.25, 0.3) is 0 Å². The van der Waals surface area contributed by atoms with Crippen LogP contribution in [0.1, 0.15) is 0 Å². The van der Waals surface area contributed by atoms with Gasteiger partial charge in [0.15, 0.2) is 0 Å². The molecule has 5 heavy (non-hydrogen) atoms. The molecule has 0 bridgehead atoms. The van der Waals surface area contributed by atoms with Crippen LogP contribution in [0.15, 0.2) is 12.7 Å². The Morgan fingerprint density at radius 2 is 2.00 bits per heavy atom. The van der Waals surface area contributed by atoms with Gasteiger partial charge < -0.3 is 5.73 Å². The van der Waals surface area contributed by atoms with Gasteiger partial charge in [-0.2, -0.15) is 0 Å². The molecule has 0 spiro atoms. The average molecular weight is 122 g/mol. The number of nitrogens with two attached hydrogens (primary N) is 1. The van der Waals surface area contributed by atoms with Gasteiger partial charge in [-0.1, -0.05) is 6.08 Å². The smallest absolute Gasteiger partial charge is 0.0104 e. The van der Waals surface area contributed by atoms with E-state index >= 15 is 0 Å². The molecule has 0 aromatic carbocycles. The van der Waals surface area contributed by atoms with E-state index in [1.807, 2.05) is 0 Å². The fourth-order valence-electron chi connectivity index (χ4n) is 0. The Morgan fingerprint density at radius 3 is 2.00 bits per heavy atom. The molecule has 0 saturated carbocycles. The molecule has 26 valence electrons. The summed E-state index contributed by atoms with van der Waals surface area (Å²) in [5, 5.41) is 0. The Hall–Kier alpha value is 0.323. The monoisotopic (exact) mass is 121 g/mol. The molecule has 0 aliphatic carbocycles. The molecule has 0 unspecified atom stereocenters. The van der Waals surface area contributed by atoms with E-state index in [0.717, 1.165) is 0 Å². The van der Waals surface area contributed by atoms with Gasteiger partial charge in [0.1, 0.15) is 0 Å². The average Bonchev–Trinajstić information content (AvgIpc) is 1.37. The van der Waals surface area contributed by atoms with Crippen molar-refractivity contribution in [1.82, 2.24) is 0 Å². The van der Waals surface area contributed by atoms with Crippen molar-refractivity contribution >= 4 is 0 Å². The third-order valence-electron chi connectivity index (χ3n) is 0.167. The van der Waals surface area contributed by atoms with Gasteiger partial charge >= 0.3 is 0 Å². The first kappa shape index (κ1) is 9.01. The molecular weight excluding hydrogens is 115 g/mol. The van der Waals surface area contributed by atoms with Gasteiger partial charge in [-0.25, -0.2) is 0 Å². The van der Waals surface area contributed by atoms with Crippen LogP contribution >= 0.6 is 0 Å². The van der Waals surface area contributed by atoms with E-state index in [9.17, 15) is 0 Å². The molecule has 0 fully saturated rings. The van der Waals surface area contributed by atoms with Crippen molar-refractivity contribution in [3.05, 3.63) is 12.7 Å². The van der Waals surface area contributed by atoms with Crippen molar-refractivity contribution in [3.63, 3.8) is 0 Å². The van der Waals surface area contributed by atoms with Gasteiger partial charge in [-0.3, -0.25) is 0 Å². The van der Waals surface area contributed by atoms with Gasteiger partial charge in [0, 0.05) is 26.0 Å². The third-order valence-corrected chi connectivity index (χ3v) is 0.167. The second kappa shape index (κ2) is 8.85. The topological polar surface area (TPSA) is 26.0 Å². The standard InChI is InChI=1S/C3H7N.Zn/c1-2-3-4;/h2H,1,3-4H2;. The van der Waals surface area contributed by atoms with Gasteiger partial charge in [-0.05, 0) is 0 Å². The maximum absolute atomic E-state index is 4.91. The van der Waals surface area contributed by atoms with Crippen LogP contribution in [0.5, 0.6) is 0 Å². The normalized spacial score (nSPS) is 5.00. The van der Waals surface area contributed by atoms with Gasteiger partial charge in [0.05, 0.1) is 0 Å². The minimum absolute atomic E-state index is 0. The van der Waals surface area contributed by atoms with Gasteiger partial charge in [0.25, 0.3) is 0 Å². The number of rotatable bonds is 1. The Bertz CT molecular complexity index is 20.9. The summed E-state index contributed by atoms with van der Waals surface area (Å²) in [6, 6.07) is 0. The van der Waals surface area contributed by atoms with Crippen LogP contribution in [0.3, 0.4) is 0 Å². The second-order valence-electron chi connectivity index (χ2n) is 0.524. The quantitative estimate of drug-likeness (QED) is 0.388. The Balaban J connectivity index is 0. The molecule has 0 aromatic heterocycles. The third kappa shape index (κ3) is 13.3. The zero-order chi connectivity index (χ0) is 3.41. The Kier molecular flexibility index (Phi) is 15.9. The van der Waals surface area contributed by atoms with E-state index in [2.05, 4.69) is 6.58 Å². The van der Waals surface area contributed by atoms with Gasteiger partial charge in [0.2, 0.25) is 0 Å². The Morgan fingerprint density at radius 1 is 1.80 bits per heavy atom. The SMILES string of the molecule is C=CCN.[Zn]. The second-order valence-corrected chi connectivity index (χ2v) is 0.524. The molecule has 0 saturated heterocycles. The summed E-state index contributed by atoms with van der Waals surface area (Å²) in [7, 11) is 0. The molecule has 0 atom stereocenters. The summed E-state index contributed by atoms with van der Waals surface area (Å²) in [5.74, 6) is 0. The van der Waals surface area contributed by atoms with E-state index in [1.165, 1.54) is 0 Å². The van der Waals surface area contributed by atoms with Crippen molar-refractivity contribution < 1.29 is 19.5 Å². The summed E-state index contributed by atoms with van der Waals surface area (Å²) in [6.07, 6.45) is 1.65. The van der Waals surface area contributed by atoms with E-state index < -0.39 is 0 Å². The first-order chi connectivity index (χ1) is 1.91. The molecule has 0 rings (SSSR count). The Labute approximate surface area is 45.0 Å². The molecule has 0 aliphatic heterocycles. The zero-order valence-corrected chi connectivity index (χ0v) is 6.24. The van der Waals surface area contributed by atoms with Crippen LogP contribution in [0.2, 0.25) is 0 Å². The fraction of sp³-hybridized carbons (Fsp3) is 0.333. The van der Waals surface area contributed by atoms with Gasteiger partial charge in [-0.15, -0.1) is 6.58 Å². The summed E-state index contributed by atoms with van der Waals surface area (Å²) in [4.78, 5) is 0. The summed E-state index contributed by atoms with van der Waals surface area (Å²) < 4.78 is 0. The zero-order valence-electron chi connectivity index (χ0n) is 3.28. The van der Waals surface area contributed by atoms with Crippen molar-refractivity contribution in [2.24, 2.45) is 5.73 Å². The van der Waals surface area contributed by atoms with Crippen LogP contribution in [-0.2, 0) is 19.5 Å². The number of hydrogen-bond acceptors (Lipinski definition) is 1.